The highest BCUT2D eigenvalue weighted by Crippen LogP contribution is 2.21. The highest BCUT2D eigenvalue weighted by atomic mass is 16.6. The molecule has 0 N–H and O–H groups in total. The van der Waals surface area contributed by atoms with Crippen molar-refractivity contribution in [2.75, 3.05) is 0 Å². The van der Waals surface area contributed by atoms with Crippen LogP contribution in [0.1, 0.15) is 43.6 Å². The van der Waals surface area contributed by atoms with Crippen molar-refractivity contribution in [2.24, 2.45) is 0 Å². The lowest BCUT2D eigenvalue weighted by Crippen LogP contribution is -2.24. The van der Waals surface area contributed by atoms with Crippen LogP contribution >= 0.6 is 0 Å². The average Bonchev–Trinajstić information content (AvgIpc) is 2.25. The first-order chi connectivity index (χ1) is 8.71. The van der Waals surface area contributed by atoms with Gasteiger partial charge in [0.15, 0.2) is 0 Å². The number of rotatable bonds is 3. The van der Waals surface area contributed by atoms with Crippen molar-refractivity contribution in [3.63, 3.8) is 0 Å². The first kappa shape index (κ1) is 15.0. The zero-order valence-electron chi connectivity index (χ0n) is 11.6. The number of carbonyl (C=O) groups is 2. The van der Waals surface area contributed by atoms with E-state index in [1.54, 1.807) is 39.0 Å². The van der Waals surface area contributed by atoms with Gasteiger partial charge in [0.25, 0.3) is 0 Å². The van der Waals surface area contributed by atoms with E-state index in [-0.39, 0.29) is 0 Å². The Labute approximate surface area is 113 Å². The van der Waals surface area contributed by atoms with E-state index >= 15 is 0 Å². The van der Waals surface area contributed by atoms with Crippen LogP contribution in [0.5, 0.6) is 5.75 Å². The van der Waals surface area contributed by atoms with Crippen molar-refractivity contribution >= 4 is 18.0 Å². The molecule has 102 valence electrons. The van der Waals surface area contributed by atoms with Crippen LogP contribution in [-0.4, -0.2) is 17.5 Å². The van der Waals surface area contributed by atoms with E-state index in [0.717, 1.165) is 0 Å². The molecule has 4 heteroatoms. The normalized spacial score (nSPS) is 10.7. The van der Waals surface area contributed by atoms with Crippen LogP contribution < -0.4 is 4.74 Å². The molecule has 0 aliphatic heterocycles. The summed E-state index contributed by atoms with van der Waals surface area (Å²) < 4.78 is 10.3. The largest absolute Gasteiger partial charge is 0.456 e. The molecule has 4 nitrogen and oxygen atoms in total. The second-order valence-corrected chi connectivity index (χ2v) is 5.09. The van der Waals surface area contributed by atoms with Gasteiger partial charge in [-0.3, -0.25) is 4.79 Å². The third-order valence-corrected chi connectivity index (χ3v) is 2.06. The monoisotopic (exact) mass is 262 g/mol. The van der Waals surface area contributed by atoms with Crippen LogP contribution in [0.25, 0.3) is 6.08 Å². The minimum Gasteiger partial charge on any atom is -0.456 e. The van der Waals surface area contributed by atoms with Crippen molar-refractivity contribution in [3.05, 3.63) is 35.9 Å². The Hall–Kier alpha value is -2.10. The Kier molecular flexibility index (Phi) is 4.48. The highest BCUT2D eigenvalue weighted by Gasteiger charge is 2.19. The average molecular weight is 262 g/mol. The van der Waals surface area contributed by atoms with E-state index in [1.165, 1.54) is 13.0 Å². The molecule has 1 rings (SSSR count). The summed E-state index contributed by atoms with van der Waals surface area (Å²) in [6.45, 7) is 10.3. The Morgan fingerprint density at radius 3 is 2.32 bits per heavy atom. The molecular weight excluding hydrogens is 244 g/mol. The molecule has 0 saturated heterocycles. The maximum absolute atomic E-state index is 12.0. The number of hydrogen-bond donors (Lipinski definition) is 0. The SMILES string of the molecule is C=Cc1cc(OC(C)=O)cc(C(=O)OC(C)(C)C)c1. The molecule has 1 aromatic carbocycles. The molecule has 0 saturated carbocycles. The minimum absolute atomic E-state index is 0.297. The van der Waals surface area contributed by atoms with E-state index in [1.807, 2.05) is 0 Å². The molecule has 0 aromatic heterocycles. The van der Waals surface area contributed by atoms with E-state index in [2.05, 4.69) is 6.58 Å². The maximum atomic E-state index is 12.0. The summed E-state index contributed by atoms with van der Waals surface area (Å²) in [5.41, 5.74) is 0.422. The third kappa shape index (κ3) is 4.95. The molecule has 0 radical (unpaired) electrons. The van der Waals surface area contributed by atoms with E-state index in [0.29, 0.717) is 16.9 Å². The molecular formula is C15H18O4. The Balaban J connectivity index is 3.09. The summed E-state index contributed by atoms with van der Waals surface area (Å²) >= 11 is 0. The fraction of sp³-hybridized carbons (Fsp3) is 0.333. The van der Waals surface area contributed by atoms with Crippen molar-refractivity contribution < 1.29 is 19.1 Å². The molecule has 0 aliphatic carbocycles. The van der Waals surface area contributed by atoms with Gasteiger partial charge in [0.05, 0.1) is 5.56 Å². The third-order valence-electron chi connectivity index (χ3n) is 2.06. The summed E-state index contributed by atoms with van der Waals surface area (Å²) in [7, 11) is 0. The van der Waals surface area contributed by atoms with E-state index in [4.69, 9.17) is 9.47 Å². The molecule has 0 unspecified atom stereocenters. The fourth-order valence-electron chi connectivity index (χ4n) is 1.42. The minimum atomic E-state index is -0.580. The van der Waals surface area contributed by atoms with E-state index in [9.17, 15) is 9.59 Å². The van der Waals surface area contributed by atoms with Crippen molar-refractivity contribution in [1.29, 1.82) is 0 Å². The quantitative estimate of drug-likeness (QED) is 0.620. The van der Waals surface area contributed by atoms with Gasteiger partial charge in [-0.2, -0.15) is 0 Å². The number of ether oxygens (including phenoxy) is 2. The highest BCUT2D eigenvalue weighted by molar-refractivity contribution is 5.91. The van der Waals surface area contributed by atoms with Crippen molar-refractivity contribution in [1.82, 2.24) is 0 Å². The molecule has 1 aromatic rings. The molecule has 0 fully saturated rings. The van der Waals surface area contributed by atoms with Gasteiger partial charge in [-0.1, -0.05) is 12.7 Å². The van der Waals surface area contributed by atoms with Crippen LogP contribution in [0.4, 0.5) is 0 Å². The smallest absolute Gasteiger partial charge is 0.338 e. The maximum Gasteiger partial charge on any atom is 0.338 e. The Morgan fingerprint density at radius 2 is 1.84 bits per heavy atom. The van der Waals surface area contributed by atoms with Gasteiger partial charge in [0.2, 0.25) is 0 Å². The zero-order chi connectivity index (χ0) is 14.6. The van der Waals surface area contributed by atoms with Gasteiger partial charge in [-0.25, -0.2) is 4.79 Å². The molecule has 0 aliphatic rings. The lowest BCUT2D eigenvalue weighted by Gasteiger charge is -2.19. The summed E-state index contributed by atoms with van der Waals surface area (Å²) in [4.78, 5) is 22.9. The van der Waals surface area contributed by atoms with E-state index < -0.39 is 17.5 Å². The lowest BCUT2D eigenvalue weighted by atomic mass is 10.1. The first-order valence-electron chi connectivity index (χ1n) is 5.90. The summed E-state index contributed by atoms with van der Waals surface area (Å²) in [5.74, 6) is -0.619. The van der Waals surface area contributed by atoms with Crippen molar-refractivity contribution in [3.8, 4) is 5.75 Å². The fourth-order valence-corrected chi connectivity index (χ4v) is 1.42. The number of esters is 2. The first-order valence-corrected chi connectivity index (χ1v) is 5.90. The predicted octanol–water partition coefficient (Wildman–Crippen LogP) is 3.21. The molecule has 0 bridgehead atoms. The standard InChI is InChI=1S/C15H18O4/c1-6-11-7-12(14(17)19-15(3,4)5)9-13(8-11)18-10(2)16/h6-9H,1H2,2-5H3. The predicted molar refractivity (Wildman–Crippen MR) is 73.0 cm³/mol. The molecule has 0 atom stereocenters. The summed E-state index contributed by atoms with van der Waals surface area (Å²) in [6.07, 6.45) is 1.57. The second-order valence-electron chi connectivity index (χ2n) is 5.09. The van der Waals surface area contributed by atoms with Gasteiger partial charge in [-0.15, -0.1) is 0 Å². The molecule has 0 spiro atoms. The number of carbonyl (C=O) groups excluding carboxylic acids is 2. The van der Waals surface area contributed by atoms with Crippen LogP contribution in [0.3, 0.4) is 0 Å². The van der Waals surface area contributed by atoms with Gasteiger partial charge < -0.3 is 9.47 Å². The van der Waals surface area contributed by atoms with Gasteiger partial charge in [0.1, 0.15) is 11.4 Å². The van der Waals surface area contributed by atoms with Gasteiger partial charge in [0, 0.05) is 6.92 Å². The topological polar surface area (TPSA) is 52.6 Å². The molecule has 19 heavy (non-hydrogen) atoms. The van der Waals surface area contributed by atoms with Crippen LogP contribution in [-0.2, 0) is 9.53 Å². The second kappa shape index (κ2) is 5.69. The van der Waals surface area contributed by atoms with Crippen molar-refractivity contribution in [2.45, 2.75) is 33.3 Å². The van der Waals surface area contributed by atoms with Crippen LogP contribution in [0, 0.1) is 0 Å². The lowest BCUT2D eigenvalue weighted by molar-refractivity contribution is -0.131. The Morgan fingerprint density at radius 1 is 1.21 bits per heavy atom. The summed E-state index contributed by atoms with van der Waals surface area (Å²) in [6, 6.07) is 4.73. The van der Waals surface area contributed by atoms with Crippen LogP contribution in [0.15, 0.2) is 24.8 Å². The molecule has 0 amide bonds. The molecule has 0 heterocycles. The number of benzene rings is 1. The van der Waals surface area contributed by atoms with Gasteiger partial charge >= 0.3 is 11.9 Å². The van der Waals surface area contributed by atoms with Gasteiger partial charge in [-0.05, 0) is 44.5 Å². The summed E-state index contributed by atoms with van der Waals surface area (Å²) in [5, 5.41) is 0. The Bertz CT molecular complexity index is 509. The van der Waals surface area contributed by atoms with Crippen LogP contribution in [0.2, 0.25) is 0 Å². The number of hydrogen-bond acceptors (Lipinski definition) is 4. The zero-order valence-corrected chi connectivity index (χ0v) is 11.6.